The zero-order valence-electron chi connectivity index (χ0n) is 17.7. The Balaban J connectivity index is 2.51. The fraction of sp³-hybridized carbons (Fsp3) is 0.826. The van der Waals surface area contributed by atoms with E-state index in [-0.39, 0.29) is 18.1 Å². The van der Waals surface area contributed by atoms with Gasteiger partial charge in [-0.2, -0.15) is 0 Å². The van der Waals surface area contributed by atoms with Gasteiger partial charge in [-0.25, -0.2) is 0 Å². The number of allylic oxidation sites excluding steroid dienone is 2. The lowest BCUT2D eigenvalue weighted by atomic mass is 9.77. The van der Waals surface area contributed by atoms with E-state index in [1.807, 2.05) is 13.0 Å². The normalized spacial score (nSPS) is 29.0. The molecule has 0 saturated heterocycles. The summed E-state index contributed by atoms with van der Waals surface area (Å²) in [7, 11) is 0. The number of hydrogen-bond donors (Lipinski definition) is 2. The Kier molecular flexibility index (Phi) is 10.7. The van der Waals surface area contributed by atoms with Crippen molar-refractivity contribution in [3.8, 4) is 0 Å². The summed E-state index contributed by atoms with van der Waals surface area (Å²) in [5, 5.41) is 20.5. The van der Waals surface area contributed by atoms with E-state index in [2.05, 4.69) is 39.8 Å². The van der Waals surface area contributed by atoms with Crippen LogP contribution >= 0.6 is 0 Å². The number of aliphatic hydroxyl groups is 2. The molecule has 5 atom stereocenters. The predicted octanol–water partition coefficient (Wildman–Crippen LogP) is 5.41. The van der Waals surface area contributed by atoms with Crippen molar-refractivity contribution in [2.24, 2.45) is 11.8 Å². The van der Waals surface area contributed by atoms with Gasteiger partial charge in [-0.3, -0.25) is 0 Å². The Labute approximate surface area is 161 Å². The van der Waals surface area contributed by atoms with Crippen LogP contribution in [0.2, 0.25) is 0 Å². The summed E-state index contributed by atoms with van der Waals surface area (Å²) in [6.07, 6.45) is 14.0. The van der Waals surface area contributed by atoms with Gasteiger partial charge in [0.25, 0.3) is 0 Å². The Morgan fingerprint density at radius 1 is 1.08 bits per heavy atom. The van der Waals surface area contributed by atoms with Gasteiger partial charge in [0.1, 0.15) is 0 Å². The maximum Gasteiger partial charge on any atom is 0.0818 e. The fourth-order valence-corrected chi connectivity index (χ4v) is 3.79. The number of rotatable bonds is 12. The highest BCUT2D eigenvalue weighted by molar-refractivity contribution is 5.20. The van der Waals surface area contributed by atoms with E-state index < -0.39 is 5.60 Å². The Morgan fingerprint density at radius 2 is 1.81 bits per heavy atom. The van der Waals surface area contributed by atoms with Crippen LogP contribution in [0, 0.1) is 11.8 Å². The van der Waals surface area contributed by atoms with Gasteiger partial charge >= 0.3 is 0 Å². The minimum atomic E-state index is -0.525. The molecule has 0 heterocycles. The van der Waals surface area contributed by atoms with Crippen LogP contribution < -0.4 is 0 Å². The molecule has 0 fully saturated rings. The lowest BCUT2D eigenvalue weighted by Crippen LogP contribution is -2.38. The standard InChI is InChI=1S/C23H42O3/c1-6-8-16-26-22-19(4)18(3)21(24)17-20(22)13-11-9-10-12-15-23(5,25)14-7-2/h9,11,17-19,21-22,24-25H,6-8,10,12-16H2,1-5H3. The molecule has 26 heavy (non-hydrogen) atoms. The third-order valence-electron chi connectivity index (χ3n) is 5.79. The highest BCUT2D eigenvalue weighted by Gasteiger charge is 2.34. The topological polar surface area (TPSA) is 49.7 Å². The zero-order chi connectivity index (χ0) is 19.6. The third kappa shape index (κ3) is 7.94. The smallest absolute Gasteiger partial charge is 0.0818 e. The largest absolute Gasteiger partial charge is 0.390 e. The molecule has 3 nitrogen and oxygen atoms in total. The molecule has 0 aromatic heterocycles. The van der Waals surface area contributed by atoms with Crippen molar-refractivity contribution in [1.29, 1.82) is 0 Å². The van der Waals surface area contributed by atoms with Crippen LogP contribution in [-0.4, -0.2) is 34.6 Å². The summed E-state index contributed by atoms with van der Waals surface area (Å²) in [5.74, 6) is 0.564. The Bertz CT molecular complexity index is 439. The summed E-state index contributed by atoms with van der Waals surface area (Å²) in [5.41, 5.74) is 0.691. The van der Waals surface area contributed by atoms with Gasteiger partial charge in [-0.05, 0) is 62.9 Å². The molecule has 1 aliphatic carbocycles. The molecule has 0 aromatic rings. The molecule has 1 aliphatic rings. The molecule has 0 aromatic carbocycles. The van der Waals surface area contributed by atoms with Crippen LogP contribution in [0.5, 0.6) is 0 Å². The quantitative estimate of drug-likeness (QED) is 0.358. The van der Waals surface area contributed by atoms with E-state index in [0.717, 1.165) is 58.0 Å². The molecule has 0 bridgehead atoms. The molecule has 152 valence electrons. The lowest BCUT2D eigenvalue weighted by molar-refractivity contribution is -0.0111. The summed E-state index contributed by atoms with van der Waals surface area (Å²) in [4.78, 5) is 0. The van der Waals surface area contributed by atoms with Crippen molar-refractivity contribution in [2.75, 3.05) is 6.61 Å². The summed E-state index contributed by atoms with van der Waals surface area (Å²) >= 11 is 0. The highest BCUT2D eigenvalue weighted by atomic mass is 16.5. The SMILES string of the molecule is CCCCOC1C(CC=CCCCC(C)(O)CCC)=CC(O)C(C)C1C. The Hall–Kier alpha value is -0.640. The average molecular weight is 367 g/mol. The minimum absolute atomic E-state index is 0.120. The van der Waals surface area contributed by atoms with Gasteiger partial charge in [-0.15, -0.1) is 0 Å². The van der Waals surface area contributed by atoms with Gasteiger partial charge in [0.15, 0.2) is 0 Å². The van der Waals surface area contributed by atoms with E-state index in [9.17, 15) is 10.2 Å². The second kappa shape index (κ2) is 11.9. The predicted molar refractivity (Wildman–Crippen MR) is 110 cm³/mol. The number of unbranched alkanes of at least 4 members (excludes halogenated alkanes) is 2. The van der Waals surface area contributed by atoms with Gasteiger partial charge in [0, 0.05) is 6.61 Å². The monoisotopic (exact) mass is 366 g/mol. The second-order valence-electron chi connectivity index (χ2n) is 8.41. The first-order chi connectivity index (χ1) is 12.3. The molecule has 2 N–H and O–H groups in total. The second-order valence-corrected chi connectivity index (χ2v) is 8.41. The minimum Gasteiger partial charge on any atom is -0.390 e. The van der Waals surface area contributed by atoms with Crippen molar-refractivity contribution >= 4 is 0 Å². The van der Waals surface area contributed by atoms with E-state index in [1.165, 1.54) is 5.57 Å². The molecule has 0 aliphatic heterocycles. The van der Waals surface area contributed by atoms with Crippen LogP contribution in [0.25, 0.3) is 0 Å². The first-order valence-corrected chi connectivity index (χ1v) is 10.7. The maximum atomic E-state index is 10.3. The van der Waals surface area contributed by atoms with Gasteiger partial charge in [0.2, 0.25) is 0 Å². The summed E-state index contributed by atoms with van der Waals surface area (Å²) in [6.45, 7) is 11.3. The van der Waals surface area contributed by atoms with Crippen molar-refractivity contribution in [3.63, 3.8) is 0 Å². The van der Waals surface area contributed by atoms with Crippen molar-refractivity contribution in [2.45, 2.75) is 104 Å². The molecule has 5 unspecified atom stereocenters. The fourth-order valence-electron chi connectivity index (χ4n) is 3.79. The first kappa shape index (κ1) is 23.4. The van der Waals surface area contributed by atoms with Crippen LogP contribution in [0.4, 0.5) is 0 Å². The molecule has 1 rings (SSSR count). The van der Waals surface area contributed by atoms with E-state index in [0.29, 0.717) is 5.92 Å². The number of hydrogen-bond acceptors (Lipinski definition) is 3. The van der Waals surface area contributed by atoms with Gasteiger partial charge in [0.05, 0.1) is 17.8 Å². The molecular weight excluding hydrogens is 324 g/mol. The average Bonchev–Trinajstić information content (AvgIpc) is 2.58. The van der Waals surface area contributed by atoms with Crippen molar-refractivity contribution < 1.29 is 14.9 Å². The zero-order valence-corrected chi connectivity index (χ0v) is 17.7. The van der Waals surface area contributed by atoms with Crippen molar-refractivity contribution in [1.82, 2.24) is 0 Å². The Morgan fingerprint density at radius 3 is 2.46 bits per heavy atom. The third-order valence-corrected chi connectivity index (χ3v) is 5.79. The maximum absolute atomic E-state index is 10.3. The number of ether oxygens (including phenoxy) is 1. The summed E-state index contributed by atoms with van der Waals surface area (Å²) in [6, 6.07) is 0. The molecule has 0 amide bonds. The van der Waals surface area contributed by atoms with E-state index in [4.69, 9.17) is 4.74 Å². The highest BCUT2D eigenvalue weighted by Crippen LogP contribution is 2.34. The van der Waals surface area contributed by atoms with Gasteiger partial charge < -0.3 is 14.9 Å². The molecule has 0 spiro atoms. The molecule has 3 heteroatoms. The molecular formula is C23H42O3. The van der Waals surface area contributed by atoms with Crippen molar-refractivity contribution in [3.05, 3.63) is 23.8 Å². The number of aliphatic hydroxyl groups excluding tert-OH is 1. The molecule has 0 radical (unpaired) electrons. The van der Waals surface area contributed by atoms with Crippen LogP contribution in [0.1, 0.15) is 86.0 Å². The van der Waals surface area contributed by atoms with E-state index >= 15 is 0 Å². The summed E-state index contributed by atoms with van der Waals surface area (Å²) < 4.78 is 6.17. The van der Waals surface area contributed by atoms with Crippen LogP contribution in [0.3, 0.4) is 0 Å². The van der Waals surface area contributed by atoms with E-state index in [1.54, 1.807) is 0 Å². The first-order valence-electron chi connectivity index (χ1n) is 10.7. The van der Waals surface area contributed by atoms with Gasteiger partial charge in [-0.1, -0.05) is 58.8 Å². The van der Waals surface area contributed by atoms with Crippen LogP contribution in [-0.2, 0) is 4.74 Å². The lowest BCUT2D eigenvalue weighted by Gasteiger charge is -2.37. The molecule has 0 saturated carbocycles. The van der Waals surface area contributed by atoms with Crippen LogP contribution in [0.15, 0.2) is 23.8 Å².